The highest BCUT2D eigenvalue weighted by molar-refractivity contribution is 7.80. The number of rotatable bonds is 5. The number of anilines is 2. The highest BCUT2D eigenvalue weighted by Gasteiger charge is 2.47. The van der Waals surface area contributed by atoms with Crippen molar-refractivity contribution in [3.8, 4) is 0 Å². The molecule has 2 N–H and O–H groups in total. The van der Waals surface area contributed by atoms with Crippen LogP contribution < -0.4 is 15.5 Å². The maximum Gasteiger partial charge on any atom is 0.252 e. The molecule has 1 aliphatic heterocycles. The zero-order valence-corrected chi connectivity index (χ0v) is 20.6. The molecule has 35 heavy (non-hydrogen) atoms. The van der Waals surface area contributed by atoms with Crippen LogP contribution in [0.2, 0.25) is 5.02 Å². The minimum absolute atomic E-state index is 0.0351. The molecule has 174 valence electrons. The number of nitrogens with one attached hydrogen (secondary N) is 2. The topological polar surface area (TPSA) is 57.3 Å². The first-order chi connectivity index (χ1) is 17.0. The number of nitrogens with zero attached hydrogens (tertiary/aromatic N) is 2. The van der Waals surface area contributed by atoms with Crippen molar-refractivity contribution in [2.24, 2.45) is 0 Å². The molecule has 0 unspecified atom stereocenters. The van der Waals surface area contributed by atoms with Gasteiger partial charge in [0.2, 0.25) is 0 Å². The second kappa shape index (κ2) is 9.86. The van der Waals surface area contributed by atoms with Crippen LogP contribution in [0.25, 0.3) is 17.0 Å². The van der Waals surface area contributed by atoms with E-state index in [9.17, 15) is 4.79 Å². The molecular formula is C28H23ClN4OS. The number of carbonyl (C=O) groups excluding carboxylic acids is 1. The molecule has 0 bridgehead atoms. The van der Waals surface area contributed by atoms with E-state index < -0.39 is 6.04 Å². The number of benzene rings is 3. The van der Waals surface area contributed by atoms with E-state index in [4.69, 9.17) is 23.8 Å². The summed E-state index contributed by atoms with van der Waals surface area (Å²) in [4.78, 5) is 19.4. The van der Waals surface area contributed by atoms with E-state index >= 15 is 0 Å². The number of halogens is 1. The Hall–Kier alpha value is -3.74. The van der Waals surface area contributed by atoms with Crippen LogP contribution in [0.4, 0.5) is 11.4 Å². The van der Waals surface area contributed by atoms with Crippen LogP contribution in [0.5, 0.6) is 0 Å². The molecule has 1 aromatic heterocycles. The molecule has 2 atom stereocenters. The first kappa shape index (κ1) is 23.0. The molecule has 4 aromatic rings. The zero-order valence-electron chi connectivity index (χ0n) is 19.0. The number of hydrogen-bond acceptors (Lipinski definition) is 3. The first-order valence-electron chi connectivity index (χ1n) is 11.2. The van der Waals surface area contributed by atoms with E-state index in [0.29, 0.717) is 10.1 Å². The first-order valence-corrected chi connectivity index (χ1v) is 12.0. The van der Waals surface area contributed by atoms with Crippen LogP contribution in [-0.2, 0) is 4.79 Å². The number of thiocarbonyl (C=S) groups is 1. The molecule has 0 saturated carbocycles. The van der Waals surface area contributed by atoms with Gasteiger partial charge in [-0.3, -0.25) is 9.78 Å². The summed E-state index contributed by atoms with van der Waals surface area (Å²) in [5.41, 5.74) is 4.63. The molecule has 7 heteroatoms. The van der Waals surface area contributed by atoms with E-state index in [1.54, 1.807) is 17.2 Å². The number of aryl methyl sites for hydroxylation is 1. The Morgan fingerprint density at radius 1 is 1.06 bits per heavy atom. The minimum Gasteiger partial charge on any atom is -0.349 e. The Labute approximate surface area is 214 Å². The highest BCUT2D eigenvalue weighted by atomic mass is 35.5. The number of aromatic nitrogens is 1. The van der Waals surface area contributed by atoms with E-state index in [1.807, 2.05) is 91.9 Å². The van der Waals surface area contributed by atoms with Gasteiger partial charge in [0.25, 0.3) is 5.91 Å². The quantitative estimate of drug-likeness (QED) is 0.262. The van der Waals surface area contributed by atoms with Gasteiger partial charge in [0.1, 0.15) is 6.04 Å². The number of amides is 1. The summed E-state index contributed by atoms with van der Waals surface area (Å²) in [5, 5.41) is 8.32. The lowest BCUT2D eigenvalue weighted by atomic mass is 9.92. The molecule has 2 heterocycles. The lowest BCUT2D eigenvalue weighted by molar-refractivity contribution is -0.125. The van der Waals surface area contributed by atoms with Gasteiger partial charge in [0.05, 0.1) is 17.2 Å². The van der Waals surface area contributed by atoms with Crippen molar-refractivity contribution in [1.29, 1.82) is 0 Å². The Bertz CT molecular complexity index is 1420. The standard InChI is InChI=1S/C28H23ClN4OS/c1-18-7-11-21(12-8-18)33-25(14-9-19-5-3-2-4-6-19)26(27(33)34)32-28(35)31-23-15-16-30-24-17-20(29)10-13-22(23)24/h2-17,25-26H,1H3,(H2,30,31,32,35)/b14-9+/t25-,26+/m0/s1. The molecule has 1 aliphatic rings. The van der Waals surface area contributed by atoms with Gasteiger partial charge in [-0.1, -0.05) is 71.8 Å². The Kier molecular flexibility index (Phi) is 6.49. The number of carbonyl (C=O) groups is 1. The largest absolute Gasteiger partial charge is 0.349 e. The third kappa shape index (κ3) is 4.90. The Balaban J connectivity index is 1.37. The van der Waals surface area contributed by atoms with Crippen LogP contribution in [0, 0.1) is 6.92 Å². The van der Waals surface area contributed by atoms with Crippen molar-refractivity contribution < 1.29 is 4.79 Å². The summed E-state index contributed by atoms with van der Waals surface area (Å²) in [7, 11) is 0. The smallest absolute Gasteiger partial charge is 0.252 e. The van der Waals surface area contributed by atoms with E-state index in [-0.39, 0.29) is 11.9 Å². The molecule has 1 saturated heterocycles. The molecule has 0 spiro atoms. The summed E-state index contributed by atoms with van der Waals surface area (Å²) in [5.74, 6) is -0.0351. The number of hydrogen-bond donors (Lipinski definition) is 2. The van der Waals surface area contributed by atoms with Gasteiger partial charge >= 0.3 is 0 Å². The molecule has 5 rings (SSSR count). The SMILES string of the molecule is Cc1ccc(N2C(=O)[C@H](NC(=S)Nc3ccnc4cc(Cl)ccc34)[C@@H]2/C=C/c2ccccc2)cc1. The summed E-state index contributed by atoms with van der Waals surface area (Å²) >= 11 is 11.7. The maximum atomic E-state index is 13.2. The molecule has 0 radical (unpaired) electrons. The van der Waals surface area contributed by atoms with Gasteiger partial charge < -0.3 is 15.5 Å². The molecule has 5 nitrogen and oxygen atoms in total. The zero-order chi connectivity index (χ0) is 24.4. The molecular weight excluding hydrogens is 476 g/mol. The van der Waals surface area contributed by atoms with E-state index in [2.05, 4.69) is 15.6 Å². The summed E-state index contributed by atoms with van der Waals surface area (Å²) < 4.78 is 0. The van der Waals surface area contributed by atoms with Gasteiger partial charge in [0, 0.05) is 22.3 Å². The van der Waals surface area contributed by atoms with Crippen molar-refractivity contribution in [3.05, 3.63) is 107 Å². The van der Waals surface area contributed by atoms with Gasteiger partial charge in [-0.2, -0.15) is 0 Å². The summed E-state index contributed by atoms with van der Waals surface area (Å²) in [6.07, 6.45) is 5.77. The second-order valence-corrected chi connectivity index (χ2v) is 9.24. The van der Waals surface area contributed by atoms with Crippen LogP contribution >= 0.6 is 23.8 Å². The van der Waals surface area contributed by atoms with Crippen molar-refractivity contribution in [2.45, 2.75) is 19.0 Å². The summed E-state index contributed by atoms with van der Waals surface area (Å²) in [6, 6.07) is 24.7. The molecule has 0 aliphatic carbocycles. The van der Waals surface area contributed by atoms with Gasteiger partial charge in [0.15, 0.2) is 5.11 Å². The van der Waals surface area contributed by atoms with Gasteiger partial charge in [-0.05, 0) is 61.1 Å². The van der Waals surface area contributed by atoms with Crippen LogP contribution in [0.15, 0.2) is 91.1 Å². The summed E-state index contributed by atoms with van der Waals surface area (Å²) in [6.45, 7) is 2.03. The van der Waals surface area contributed by atoms with E-state index in [0.717, 1.165) is 33.4 Å². The predicted molar refractivity (Wildman–Crippen MR) is 148 cm³/mol. The number of fused-ring (bicyclic) bond motifs is 1. The highest BCUT2D eigenvalue weighted by Crippen LogP contribution is 2.30. The van der Waals surface area contributed by atoms with Gasteiger partial charge in [-0.25, -0.2) is 0 Å². The monoisotopic (exact) mass is 498 g/mol. The van der Waals surface area contributed by atoms with Crippen molar-refractivity contribution in [3.63, 3.8) is 0 Å². The van der Waals surface area contributed by atoms with Crippen molar-refractivity contribution in [2.75, 3.05) is 10.2 Å². The molecule has 1 amide bonds. The van der Waals surface area contributed by atoms with E-state index in [1.165, 1.54) is 0 Å². The molecule has 3 aromatic carbocycles. The average molecular weight is 499 g/mol. The number of pyridine rings is 1. The third-order valence-electron chi connectivity index (χ3n) is 5.98. The Morgan fingerprint density at radius 3 is 2.60 bits per heavy atom. The van der Waals surface area contributed by atoms with Crippen molar-refractivity contribution in [1.82, 2.24) is 10.3 Å². The van der Waals surface area contributed by atoms with Gasteiger partial charge in [-0.15, -0.1) is 0 Å². The third-order valence-corrected chi connectivity index (χ3v) is 6.44. The second-order valence-electron chi connectivity index (χ2n) is 8.40. The Morgan fingerprint density at radius 2 is 1.83 bits per heavy atom. The molecule has 1 fully saturated rings. The normalized spacial score (nSPS) is 17.4. The number of β-lactam (4-membered cyclic amide) rings is 1. The average Bonchev–Trinajstić information content (AvgIpc) is 2.86. The minimum atomic E-state index is -0.487. The fourth-order valence-corrected chi connectivity index (χ4v) is 4.57. The lowest BCUT2D eigenvalue weighted by Gasteiger charge is -2.46. The fourth-order valence-electron chi connectivity index (χ4n) is 4.16. The van der Waals surface area contributed by atoms with Crippen LogP contribution in [0.1, 0.15) is 11.1 Å². The van der Waals surface area contributed by atoms with Crippen LogP contribution in [0.3, 0.4) is 0 Å². The fraction of sp³-hybridized carbons (Fsp3) is 0.107. The lowest BCUT2D eigenvalue weighted by Crippen LogP contribution is -2.70. The van der Waals surface area contributed by atoms with Crippen LogP contribution in [-0.4, -0.2) is 28.1 Å². The predicted octanol–water partition coefficient (Wildman–Crippen LogP) is 5.98. The van der Waals surface area contributed by atoms with Crippen molar-refractivity contribution >= 4 is 63.2 Å². The maximum absolute atomic E-state index is 13.2.